The predicted molar refractivity (Wildman–Crippen MR) is 73.9 cm³/mol. The maximum absolute atomic E-state index is 10.2. The second-order valence-electron chi connectivity index (χ2n) is 5.12. The van der Waals surface area contributed by atoms with Crippen LogP contribution in [0.5, 0.6) is 0 Å². The molecular formula is C14H22N4O. The Balaban J connectivity index is 1.94. The third-order valence-electron chi connectivity index (χ3n) is 3.72. The summed E-state index contributed by atoms with van der Waals surface area (Å²) in [7, 11) is 3.91. The minimum Gasteiger partial charge on any atom is -0.393 e. The van der Waals surface area contributed by atoms with Crippen LogP contribution in [-0.2, 0) is 26.9 Å². The predicted octanol–water partition coefficient (Wildman–Crippen LogP) is 1.31. The Morgan fingerprint density at radius 2 is 2.05 bits per heavy atom. The Morgan fingerprint density at radius 1 is 1.32 bits per heavy atom. The van der Waals surface area contributed by atoms with Crippen molar-refractivity contribution in [3.8, 4) is 0 Å². The zero-order valence-electron chi connectivity index (χ0n) is 12.1. The second kappa shape index (κ2) is 5.57. The molecule has 1 atom stereocenters. The molecule has 0 aliphatic carbocycles. The topological polar surface area (TPSA) is 55.9 Å². The van der Waals surface area contributed by atoms with Crippen LogP contribution in [0, 0.1) is 13.8 Å². The summed E-state index contributed by atoms with van der Waals surface area (Å²) in [4.78, 5) is 4.27. The molecule has 0 fully saturated rings. The van der Waals surface area contributed by atoms with Crippen molar-refractivity contribution in [2.75, 3.05) is 0 Å². The van der Waals surface area contributed by atoms with Crippen molar-refractivity contribution in [3.63, 3.8) is 0 Å². The van der Waals surface area contributed by atoms with Gasteiger partial charge in [0.05, 0.1) is 11.8 Å². The van der Waals surface area contributed by atoms with E-state index in [0.717, 1.165) is 35.6 Å². The number of aliphatic hydroxyl groups is 1. The summed E-state index contributed by atoms with van der Waals surface area (Å²) in [5.74, 6) is 1.01. The normalized spacial score (nSPS) is 12.9. The molecule has 104 valence electrons. The van der Waals surface area contributed by atoms with Crippen molar-refractivity contribution in [1.82, 2.24) is 19.3 Å². The number of aromatic nitrogens is 4. The van der Waals surface area contributed by atoms with E-state index in [4.69, 9.17) is 0 Å². The number of imidazole rings is 1. The Kier molecular flexibility index (Phi) is 4.04. The van der Waals surface area contributed by atoms with E-state index in [1.54, 1.807) is 6.20 Å². The average molecular weight is 262 g/mol. The van der Waals surface area contributed by atoms with E-state index in [1.165, 1.54) is 0 Å². The first-order chi connectivity index (χ1) is 8.99. The fourth-order valence-electron chi connectivity index (χ4n) is 2.38. The van der Waals surface area contributed by atoms with E-state index in [1.807, 2.05) is 43.4 Å². The number of aliphatic hydroxyl groups excluding tert-OH is 1. The lowest BCUT2D eigenvalue weighted by Crippen LogP contribution is -2.14. The van der Waals surface area contributed by atoms with Gasteiger partial charge in [0.15, 0.2) is 0 Å². The van der Waals surface area contributed by atoms with Gasteiger partial charge in [-0.15, -0.1) is 0 Å². The largest absolute Gasteiger partial charge is 0.393 e. The number of aryl methyl sites for hydroxylation is 4. The van der Waals surface area contributed by atoms with Crippen LogP contribution in [-0.4, -0.2) is 30.5 Å². The molecular weight excluding hydrogens is 240 g/mol. The SMILES string of the molecule is Cc1nn(C)c(C)c1CC(O)CCc1nccn1C. The van der Waals surface area contributed by atoms with E-state index >= 15 is 0 Å². The molecule has 0 saturated carbocycles. The smallest absolute Gasteiger partial charge is 0.108 e. The highest BCUT2D eigenvalue weighted by Gasteiger charge is 2.14. The van der Waals surface area contributed by atoms with E-state index in [2.05, 4.69) is 10.1 Å². The molecule has 2 rings (SSSR count). The van der Waals surface area contributed by atoms with Gasteiger partial charge in [0.2, 0.25) is 0 Å². The molecule has 0 radical (unpaired) electrons. The summed E-state index contributed by atoms with van der Waals surface area (Å²) in [6, 6.07) is 0. The molecule has 0 spiro atoms. The molecule has 2 aromatic rings. The molecule has 0 saturated heterocycles. The summed E-state index contributed by atoms with van der Waals surface area (Å²) in [6.45, 7) is 4.04. The van der Waals surface area contributed by atoms with Gasteiger partial charge in [-0.1, -0.05) is 0 Å². The second-order valence-corrected chi connectivity index (χ2v) is 5.12. The maximum atomic E-state index is 10.2. The molecule has 0 bridgehead atoms. The summed E-state index contributed by atoms with van der Waals surface area (Å²) in [6.07, 6.45) is 5.55. The zero-order chi connectivity index (χ0) is 14.0. The third kappa shape index (κ3) is 3.04. The lowest BCUT2D eigenvalue weighted by Gasteiger charge is -2.11. The van der Waals surface area contributed by atoms with Gasteiger partial charge in [-0.05, 0) is 25.8 Å². The first-order valence-corrected chi connectivity index (χ1v) is 6.62. The highest BCUT2D eigenvalue weighted by Crippen LogP contribution is 2.16. The quantitative estimate of drug-likeness (QED) is 0.884. The molecule has 2 heterocycles. The van der Waals surface area contributed by atoms with Crippen LogP contribution in [0.4, 0.5) is 0 Å². The van der Waals surface area contributed by atoms with Gasteiger partial charge in [-0.3, -0.25) is 4.68 Å². The summed E-state index contributed by atoms with van der Waals surface area (Å²) < 4.78 is 3.86. The standard InChI is InChI=1S/C14H22N4O/c1-10-13(11(2)18(4)16-10)9-12(19)5-6-14-15-7-8-17(14)3/h7-8,12,19H,5-6,9H2,1-4H3. The third-order valence-corrected chi connectivity index (χ3v) is 3.72. The number of hydrogen-bond donors (Lipinski definition) is 1. The Labute approximate surface area is 113 Å². The lowest BCUT2D eigenvalue weighted by atomic mass is 10.0. The van der Waals surface area contributed by atoms with E-state index in [0.29, 0.717) is 6.42 Å². The van der Waals surface area contributed by atoms with E-state index in [-0.39, 0.29) is 6.10 Å². The van der Waals surface area contributed by atoms with Crippen LogP contribution in [0.25, 0.3) is 0 Å². The van der Waals surface area contributed by atoms with Crippen LogP contribution >= 0.6 is 0 Å². The van der Waals surface area contributed by atoms with Crippen LogP contribution in [0.3, 0.4) is 0 Å². The number of nitrogens with zero attached hydrogens (tertiary/aromatic N) is 4. The van der Waals surface area contributed by atoms with Gasteiger partial charge < -0.3 is 9.67 Å². The highest BCUT2D eigenvalue weighted by molar-refractivity contribution is 5.25. The molecule has 5 heteroatoms. The first-order valence-electron chi connectivity index (χ1n) is 6.62. The fraction of sp³-hybridized carbons (Fsp3) is 0.571. The fourth-order valence-corrected chi connectivity index (χ4v) is 2.38. The van der Waals surface area contributed by atoms with Gasteiger partial charge >= 0.3 is 0 Å². The monoisotopic (exact) mass is 262 g/mol. The average Bonchev–Trinajstić information content (AvgIpc) is 2.86. The van der Waals surface area contributed by atoms with Gasteiger partial charge in [0, 0.05) is 45.0 Å². The van der Waals surface area contributed by atoms with Crippen LogP contribution < -0.4 is 0 Å². The summed E-state index contributed by atoms with van der Waals surface area (Å²) in [5, 5.41) is 14.6. The Morgan fingerprint density at radius 3 is 2.58 bits per heavy atom. The van der Waals surface area contributed by atoms with E-state index in [9.17, 15) is 5.11 Å². The minimum atomic E-state index is -0.349. The molecule has 0 aliphatic heterocycles. The van der Waals surface area contributed by atoms with Gasteiger partial charge in [-0.2, -0.15) is 5.10 Å². The van der Waals surface area contributed by atoms with Crippen molar-refractivity contribution in [1.29, 1.82) is 0 Å². The molecule has 1 N–H and O–H groups in total. The van der Waals surface area contributed by atoms with Crippen molar-refractivity contribution >= 4 is 0 Å². The van der Waals surface area contributed by atoms with Crippen molar-refractivity contribution in [3.05, 3.63) is 35.2 Å². The van der Waals surface area contributed by atoms with Crippen LogP contribution in [0.15, 0.2) is 12.4 Å². The number of hydrogen-bond acceptors (Lipinski definition) is 3. The molecule has 5 nitrogen and oxygen atoms in total. The molecule has 0 aliphatic rings. The zero-order valence-corrected chi connectivity index (χ0v) is 12.1. The van der Waals surface area contributed by atoms with Gasteiger partial charge in [0.1, 0.15) is 5.82 Å². The maximum Gasteiger partial charge on any atom is 0.108 e. The Hall–Kier alpha value is -1.62. The van der Waals surface area contributed by atoms with Crippen LogP contribution in [0.2, 0.25) is 0 Å². The minimum absolute atomic E-state index is 0.349. The van der Waals surface area contributed by atoms with Crippen LogP contribution in [0.1, 0.15) is 29.2 Å². The van der Waals surface area contributed by atoms with Gasteiger partial charge in [-0.25, -0.2) is 4.98 Å². The van der Waals surface area contributed by atoms with Crippen molar-refractivity contribution < 1.29 is 5.11 Å². The van der Waals surface area contributed by atoms with Crippen molar-refractivity contribution in [2.45, 2.75) is 39.2 Å². The molecule has 0 aromatic carbocycles. The molecule has 0 amide bonds. The highest BCUT2D eigenvalue weighted by atomic mass is 16.3. The van der Waals surface area contributed by atoms with Crippen molar-refractivity contribution in [2.24, 2.45) is 14.1 Å². The first kappa shape index (κ1) is 13.8. The summed E-state index contributed by atoms with van der Waals surface area (Å²) >= 11 is 0. The molecule has 19 heavy (non-hydrogen) atoms. The molecule has 1 unspecified atom stereocenters. The van der Waals surface area contributed by atoms with E-state index < -0.39 is 0 Å². The summed E-state index contributed by atoms with van der Waals surface area (Å²) in [5.41, 5.74) is 3.31. The van der Waals surface area contributed by atoms with Gasteiger partial charge in [0.25, 0.3) is 0 Å². The Bertz CT molecular complexity index is 556. The lowest BCUT2D eigenvalue weighted by molar-refractivity contribution is 0.164. The number of rotatable bonds is 5. The molecule has 2 aromatic heterocycles.